The molecule has 1 unspecified atom stereocenters. The van der Waals surface area contributed by atoms with Crippen molar-refractivity contribution in [2.24, 2.45) is 5.41 Å². The van der Waals surface area contributed by atoms with Crippen molar-refractivity contribution >= 4 is 11.3 Å². The van der Waals surface area contributed by atoms with Crippen LogP contribution in [0, 0.1) is 12.3 Å². The van der Waals surface area contributed by atoms with Crippen LogP contribution in [0.5, 0.6) is 0 Å². The molecule has 0 radical (unpaired) electrons. The molecule has 1 fully saturated rings. The van der Waals surface area contributed by atoms with E-state index in [-0.39, 0.29) is 5.41 Å². The number of nitrogens with one attached hydrogen (secondary N) is 1. The highest BCUT2D eigenvalue weighted by molar-refractivity contribution is 7.09. The number of ether oxygens (including phenoxy) is 1. The third-order valence-electron chi connectivity index (χ3n) is 4.03. The summed E-state index contributed by atoms with van der Waals surface area (Å²) in [4.78, 5) is 6.97. The summed E-state index contributed by atoms with van der Waals surface area (Å²) in [6, 6.07) is 0. The number of hydrogen-bond donors (Lipinski definition) is 1. The molecule has 1 aliphatic rings. The molecule has 0 amide bonds. The third-order valence-corrected chi connectivity index (χ3v) is 4.86. The van der Waals surface area contributed by atoms with Crippen molar-refractivity contribution in [3.05, 3.63) is 16.1 Å². The van der Waals surface area contributed by atoms with Crippen LogP contribution in [-0.4, -0.2) is 49.8 Å². The van der Waals surface area contributed by atoms with Crippen LogP contribution in [0.3, 0.4) is 0 Å². The van der Waals surface area contributed by atoms with Crippen LogP contribution in [0.2, 0.25) is 0 Å². The minimum atomic E-state index is 0.257. The molecule has 1 saturated heterocycles. The summed E-state index contributed by atoms with van der Waals surface area (Å²) in [5, 5.41) is 6.92. The first-order valence-corrected chi connectivity index (χ1v) is 8.89. The van der Waals surface area contributed by atoms with E-state index in [2.05, 4.69) is 41.5 Å². The van der Waals surface area contributed by atoms with Gasteiger partial charge in [0.1, 0.15) is 0 Å². The second kappa shape index (κ2) is 8.22. The maximum atomic E-state index is 5.79. The first-order chi connectivity index (χ1) is 10.1. The number of aromatic nitrogens is 1. The van der Waals surface area contributed by atoms with Crippen LogP contribution in [0.4, 0.5) is 0 Å². The molecule has 1 aromatic rings. The van der Waals surface area contributed by atoms with Crippen LogP contribution in [-0.2, 0) is 11.3 Å². The summed E-state index contributed by atoms with van der Waals surface area (Å²) in [6.07, 6.45) is 3.62. The Morgan fingerprint density at radius 2 is 2.38 bits per heavy atom. The van der Waals surface area contributed by atoms with Gasteiger partial charge in [-0.25, -0.2) is 4.98 Å². The number of aryl methyl sites for hydroxylation is 1. The molecule has 1 atom stereocenters. The van der Waals surface area contributed by atoms with Gasteiger partial charge in [-0.2, -0.15) is 0 Å². The molecular formula is C16H29N3OS. The van der Waals surface area contributed by atoms with Gasteiger partial charge in [-0.05, 0) is 39.8 Å². The number of hydrogen-bond acceptors (Lipinski definition) is 5. The lowest BCUT2D eigenvalue weighted by Gasteiger charge is -2.40. The molecule has 21 heavy (non-hydrogen) atoms. The van der Waals surface area contributed by atoms with Gasteiger partial charge >= 0.3 is 0 Å². The van der Waals surface area contributed by atoms with Crippen LogP contribution >= 0.6 is 11.3 Å². The van der Waals surface area contributed by atoms with Gasteiger partial charge in [0.2, 0.25) is 0 Å². The Labute approximate surface area is 132 Å². The maximum absolute atomic E-state index is 5.79. The first-order valence-electron chi connectivity index (χ1n) is 8.01. The fourth-order valence-corrected chi connectivity index (χ4v) is 3.75. The van der Waals surface area contributed by atoms with Crippen LogP contribution < -0.4 is 5.32 Å². The number of thiazole rings is 1. The van der Waals surface area contributed by atoms with Crippen LogP contribution in [0.1, 0.15) is 36.9 Å². The highest BCUT2D eigenvalue weighted by atomic mass is 32.1. The second-order valence-corrected chi connectivity index (χ2v) is 7.43. The Bertz CT molecular complexity index is 415. The zero-order valence-corrected chi connectivity index (χ0v) is 14.5. The van der Waals surface area contributed by atoms with E-state index >= 15 is 0 Å². The van der Waals surface area contributed by atoms with Gasteiger partial charge in [-0.15, -0.1) is 11.3 Å². The van der Waals surface area contributed by atoms with Crippen molar-refractivity contribution in [3.8, 4) is 0 Å². The Kier molecular flexibility index (Phi) is 6.61. The fourth-order valence-electron chi connectivity index (χ4n) is 3.15. The average molecular weight is 311 g/mol. The van der Waals surface area contributed by atoms with Crippen molar-refractivity contribution in [1.82, 2.24) is 15.2 Å². The van der Waals surface area contributed by atoms with Gasteiger partial charge < -0.3 is 10.1 Å². The molecule has 0 aromatic carbocycles. The quantitative estimate of drug-likeness (QED) is 0.749. The van der Waals surface area contributed by atoms with Gasteiger partial charge in [0, 0.05) is 37.0 Å². The predicted octanol–water partition coefficient (Wildman–Crippen LogP) is 2.68. The lowest BCUT2D eigenvalue weighted by Crippen LogP contribution is -2.48. The molecule has 1 N–H and O–H groups in total. The monoisotopic (exact) mass is 311 g/mol. The lowest BCUT2D eigenvalue weighted by molar-refractivity contribution is -0.0237. The molecule has 120 valence electrons. The molecule has 0 aliphatic carbocycles. The summed E-state index contributed by atoms with van der Waals surface area (Å²) in [5.74, 6) is 0. The molecule has 4 nitrogen and oxygen atoms in total. The molecule has 0 bridgehead atoms. The van der Waals surface area contributed by atoms with Gasteiger partial charge in [0.25, 0.3) is 0 Å². The normalized spacial score (nSPS) is 22.9. The topological polar surface area (TPSA) is 37.4 Å². The standard InChI is InChI=1S/C16H29N3OS/c1-4-7-17-11-16(6-5-8-20-13-16)12-19(3)9-15-10-21-14(2)18-15/h10,17H,4-9,11-13H2,1-3H3. The smallest absolute Gasteiger partial charge is 0.0897 e. The Balaban J connectivity index is 1.90. The summed E-state index contributed by atoms with van der Waals surface area (Å²) >= 11 is 1.73. The maximum Gasteiger partial charge on any atom is 0.0897 e. The van der Waals surface area contributed by atoms with E-state index in [4.69, 9.17) is 4.74 Å². The van der Waals surface area contributed by atoms with Crippen molar-refractivity contribution in [1.29, 1.82) is 0 Å². The molecule has 1 aliphatic heterocycles. The Morgan fingerprint density at radius 3 is 3.00 bits per heavy atom. The zero-order chi connectivity index (χ0) is 15.1. The van der Waals surface area contributed by atoms with Crippen molar-refractivity contribution in [2.75, 3.05) is 39.9 Å². The Hall–Kier alpha value is -0.490. The second-order valence-electron chi connectivity index (χ2n) is 6.36. The van der Waals surface area contributed by atoms with Gasteiger partial charge in [0.05, 0.1) is 17.3 Å². The Morgan fingerprint density at radius 1 is 1.52 bits per heavy atom. The highest BCUT2D eigenvalue weighted by Gasteiger charge is 2.33. The van der Waals surface area contributed by atoms with Gasteiger partial charge in [0.15, 0.2) is 0 Å². The van der Waals surface area contributed by atoms with Crippen LogP contribution in [0.15, 0.2) is 5.38 Å². The minimum Gasteiger partial charge on any atom is -0.381 e. The molecule has 0 saturated carbocycles. The summed E-state index contributed by atoms with van der Waals surface area (Å²) in [7, 11) is 2.20. The lowest BCUT2D eigenvalue weighted by atomic mass is 9.81. The van der Waals surface area contributed by atoms with E-state index in [0.29, 0.717) is 0 Å². The van der Waals surface area contributed by atoms with Crippen molar-refractivity contribution in [3.63, 3.8) is 0 Å². The fraction of sp³-hybridized carbons (Fsp3) is 0.812. The SMILES string of the molecule is CCCNCC1(CN(C)Cc2csc(C)n2)CCCOC1. The first kappa shape index (κ1) is 16.9. The predicted molar refractivity (Wildman–Crippen MR) is 88.8 cm³/mol. The number of nitrogens with zero attached hydrogens (tertiary/aromatic N) is 2. The molecule has 5 heteroatoms. The van der Waals surface area contributed by atoms with E-state index in [1.54, 1.807) is 11.3 Å². The molecule has 0 spiro atoms. The van der Waals surface area contributed by atoms with Gasteiger partial charge in [-0.3, -0.25) is 4.90 Å². The van der Waals surface area contributed by atoms with E-state index < -0.39 is 0 Å². The average Bonchev–Trinajstić information content (AvgIpc) is 2.85. The van der Waals surface area contributed by atoms with E-state index in [1.165, 1.54) is 25.0 Å². The summed E-state index contributed by atoms with van der Waals surface area (Å²) < 4.78 is 5.79. The highest BCUT2D eigenvalue weighted by Crippen LogP contribution is 2.29. The largest absolute Gasteiger partial charge is 0.381 e. The minimum absolute atomic E-state index is 0.257. The van der Waals surface area contributed by atoms with E-state index in [0.717, 1.165) is 44.4 Å². The van der Waals surface area contributed by atoms with E-state index in [1.807, 2.05) is 0 Å². The van der Waals surface area contributed by atoms with Crippen LogP contribution in [0.25, 0.3) is 0 Å². The van der Waals surface area contributed by atoms with Crippen molar-refractivity contribution < 1.29 is 4.74 Å². The number of rotatable bonds is 8. The van der Waals surface area contributed by atoms with Gasteiger partial charge in [-0.1, -0.05) is 6.92 Å². The molecular weight excluding hydrogens is 282 g/mol. The molecule has 2 heterocycles. The van der Waals surface area contributed by atoms with E-state index in [9.17, 15) is 0 Å². The summed E-state index contributed by atoms with van der Waals surface area (Å²) in [5.41, 5.74) is 1.45. The van der Waals surface area contributed by atoms with Crippen molar-refractivity contribution in [2.45, 2.75) is 39.7 Å². The third kappa shape index (κ3) is 5.33. The molecule has 1 aromatic heterocycles. The zero-order valence-electron chi connectivity index (χ0n) is 13.7. The molecule has 2 rings (SSSR count). The summed E-state index contributed by atoms with van der Waals surface area (Å²) in [6.45, 7) is 10.2.